The Balaban J connectivity index is 1.23. The molecule has 51 heavy (non-hydrogen) atoms. The van der Waals surface area contributed by atoms with Crippen LogP contribution in [0.1, 0.15) is 0 Å². The molecule has 0 aliphatic carbocycles. The van der Waals surface area contributed by atoms with Crippen LogP contribution >= 0.6 is 0 Å². The molecule has 3 nitrogen and oxygen atoms in total. The monoisotopic (exact) mass is 650 g/mol. The summed E-state index contributed by atoms with van der Waals surface area (Å²) in [4.78, 5) is 10.4. The van der Waals surface area contributed by atoms with Gasteiger partial charge in [0.1, 0.15) is 11.2 Å². The van der Waals surface area contributed by atoms with Gasteiger partial charge < -0.3 is 4.42 Å². The van der Waals surface area contributed by atoms with E-state index in [1.807, 2.05) is 30.3 Å². The predicted molar refractivity (Wildman–Crippen MR) is 212 cm³/mol. The number of aromatic nitrogens is 2. The fraction of sp³-hybridized carbons (Fsp3) is 0. The Labute approximate surface area is 295 Å². The Kier molecular flexibility index (Phi) is 6.81. The van der Waals surface area contributed by atoms with Crippen molar-refractivity contribution in [2.45, 2.75) is 0 Å². The van der Waals surface area contributed by atoms with Crippen molar-refractivity contribution in [3.8, 4) is 56.2 Å². The van der Waals surface area contributed by atoms with Crippen LogP contribution in [0.15, 0.2) is 186 Å². The molecule has 0 radical (unpaired) electrons. The molecule has 0 amide bonds. The second-order valence-electron chi connectivity index (χ2n) is 13.0. The van der Waals surface area contributed by atoms with E-state index in [9.17, 15) is 0 Å². The molecule has 0 bridgehead atoms. The van der Waals surface area contributed by atoms with Gasteiger partial charge in [0.05, 0.1) is 11.4 Å². The van der Waals surface area contributed by atoms with E-state index in [0.717, 1.165) is 72.3 Å². The highest BCUT2D eigenvalue weighted by atomic mass is 16.3. The number of hydrogen-bond acceptors (Lipinski definition) is 3. The Morgan fingerprint density at radius 1 is 0.333 bits per heavy atom. The van der Waals surface area contributed by atoms with Gasteiger partial charge in [0, 0.05) is 33.0 Å². The van der Waals surface area contributed by atoms with Crippen LogP contribution in [0.25, 0.3) is 99.6 Å². The van der Waals surface area contributed by atoms with Crippen molar-refractivity contribution in [1.82, 2.24) is 9.97 Å². The lowest BCUT2D eigenvalue weighted by Crippen LogP contribution is -1.96. The molecule has 0 aliphatic rings. The summed E-state index contributed by atoms with van der Waals surface area (Å²) in [5, 5.41) is 7.01. The van der Waals surface area contributed by atoms with Crippen LogP contribution in [0.3, 0.4) is 0 Å². The van der Waals surface area contributed by atoms with Crippen molar-refractivity contribution in [3.05, 3.63) is 182 Å². The molecule has 0 unspecified atom stereocenters. The first-order chi connectivity index (χ1) is 25.2. The highest BCUT2D eigenvalue weighted by Crippen LogP contribution is 2.40. The Bertz CT molecular complexity index is 2920. The normalized spacial score (nSPS) is 11.5. The molecule has 8 aromatic carbocycles. The summed E-state index contributed by atoms with van der Waals surface area (Å²) in [6.45, 7) is 0. The van der Waals surface area contributed by atoms with Gasteiger partial charge in [-0.1, -0.05) is 140 Å². The molecule has 0 spiro atoms. The van der Waals surface area contributed by atoms with Gasteiger partial charge in [-0.25, -0.2) is 9.97 Å². The maximum absolute atomic E-state index is 6.55. The molecule has 3 heteroatoms. The third-order valence-electron chi connectivity index (χ3n) is 9.83. The third kappa shape index (κ3) is 5.24. The summed E-state index contributed by atoms with van der Waals surface area (Å²) >= 11 is 0. The smallest absolute Gasteiger partial charge is 0.160 e. The summed E-state index contributed by atoms with van der Waals surface area (Å²) in [6.07, 6.45) is 0. The molecule has 0 saturated carbocycles. The summed E-state index contributed by atoms with van der Waals surface area (Å²) in [5.41, 5.74) is 10.9. The fourth-order valence-electron chi connectivity index (χ4n) is 7.25. The van der Waals surface area contributed by atoms with Crippen molar-refractivity contribution >= 4 is 43.5 Å². The minimum atomic E-state index is 0.688. The van der Waals surface area contributed by atoms with Gasteiger partial charge in [-0.15, -0.1) is 0 Å². The zero-order valence-electron chi connectivity index (χ0n) is 27.6. The van der Waals surface area contributed by atoms with Gasteiger partial charge in [-0.05, 0) is 80.7 Å². The predicted octanol–water partition coefficient (Wildman–Crippen LogP) is 13.0. The number of para-hydroxylation sites is 2. The highest BCUT2D eigenvalue weighted by Gasteiger charge is 2.17. The zero-order chi connectivity index (χ0) is 33.7. The Morgan fingerprint density at radius 3 is 1.71 bits per heavy atom. The quantitative estimate of drug-likeness (QED) is 0.186. The third-order valence-corrected chi connectivity index (χ3v) is 9.83. The molecule has 0 saturated heterocycles. The Hall–Kier alpha value is -6.84. The molecule has 2 heterocycles. The van der Waals surface area contributed by atoms with Crippen molar-refractivity contribution in [2.75, 3.05) is 0 Å². The van der Waals surface area contributed by atoms with E-state index in [-0.39, 0.29) is 0 Å². The molecule has 238 valence electrons. The summed E-state index contributed by atoms with van der Waals surface area (Å²) in [6, 6.07) is 64.0. The van der Waals surface area contributed by atoms with E-state index in [4.69, 9.17) is 14.4 Å². The maximum atomic E-state index is 6.55. The molecule has 2 aromatic heterocycles. The molecule has 0 aliphatic heterocycles. The van der Waals surface area contributed by atoms with Crippen LogP contribution in [0.2, 0.25) is 0 Å². The first kappa shape index (κ1) is 29.1. The Morgan fingerprint density at radius 2 is 0.922 bits per heavy atom. The number of furan rings is 1. The molecular weight excluding hydrogens is 621 g/mol. The molecule has 10 rings (SSSR count). The first-order valence-corrected chi connectivity index (χ1v) is 17.2. The highest BCUT2D eigenvalue weighted by molar-refractivity contribution is 6.10. The lowest BCUT2D eigenvalue weighted by Gasteiger charge is -2.14. The summed E-state index contributed by atoms with van der Waals surface area (Å²) in [5.74, 6) is 0.688. The topological polar surface area (TPSA) is 38.9 Å². The summed E-state index contributed by atoms with van der Waals surface area (Å²) in [7, 11) is 0. The minimum absolute atomic E-state index is 0.688. The van der Waals surface area contributed by atoms with Gasteiger partial charge in [0.2, 0.25) is 0 Å². The molecule has 0 fully saturated rings. The van der Waals surface area contributed by atoms with Crippen molar-refractivity contribution in [2.24, 2.45) is 0 Å². The van der Waals surface area contributed by atoms with E-state index in [0.29, 0.717) is 5.82 Å². The van der Waals surface area contributed by atoms with Gasteiger partial charge in [-0.2, -0.15) is 0 Å². The van der Waals surface area contributed by atoms with Crippen LogP contribution < -0.4 is 0 Å². The van der Waals surface area contributed by atoms with Gasteiger partial charge >= 0.3 is 0 Å². The van der Waals surface area contributed by atoms with Crippen LogP contribution in [0.4, 0.5) is 0 Å². The largest absolute Gasteiger partial charge is 0.455 e. The van der Waals surface area contributed by atoms with Gasteiger partial charge in [-0.3, -0.25) is 0 Å². The van der Waals surface area contributed by atoms with Gasteiger partial charge in [0.25, 0.3) is 0 Å². The number of rotatable bonds is 5. The van der Waals surface area contributed by atoms with Crippen molar-refractivity contribution < 1.29 is 4.42 Å². The average Bonchev–Trinajstić information content (AvgIpc) is 3.59. The summed E-state index contributed by atoms with van der Waals surface area (Å²) < 4.78 is 6.55. The van der Waals surface area contributed by atoms with E-state index in [1.165, 1.54) is 21.5 Å². The van der Waals surface area contributed by atoms with Gasteiger partial charge in [0.15, 0.2) is 5.82 Å². The van der Waals surface area contributed by atoms with Crippen molar-refractivity contribution in [3.63, 3.8) is 0 Å². The van der Waals surface area contributed by atoms with E-state index in [1.54, 1.807) is 0 Å². The van der Waals surface area contributed by atoms with Crippen LogP contribution in [-0.4, -0.2) is 9.97 Å². The fourth-order valence-corrected chi connectivity index (χ4v) is 7.25. The molecule has 0 atom stereocenters. The molecular formula is C48H30N2O. The van der Waals surface area contributed by atoms with Crippen LogP contribution in [0.5, 0.6) is 0 Å². The number of benzene rings is 8. The SMILES string of the molecule is c1ccc(-c2nc(-c3cc(-c4ccc5ccccc5c4)cc(-c4cccc5c4oc4ccccc45)c3)cc(-c3ccc4ccccc4c3)n2)cc1. The van der Waals surface area contributed by atoms with Crippen LogP contribution in [0, 0.1) is 0 Å². The zero-order valence-corrected chi connectivity index (χ0v) is 27.6. The van der Waals surface area contributed by atoms with Crippen molar-refractivity contribution in [1.29, 1.82) is 0 Å². The molecule has 0 N–H and O–H groups in total. The second-order valence-corrected chi connectivity index (χ2v) is 13.0. The lowest BCUT2D eigenvalue weighted by atomic mass is 9.93. The van der Waals surface area contributed by atoms with E-state index >= 15 is 0 Å². The lowest BCUT2D eigenvalue weighted by molar-refractivity contribution is 0.670. The minimum Gasteiger partial charge on any atom is -0.455 e. The second kappa shape index (κ2) is 11.9. The number of fused-ring (bicyclic) bond motifs is 5. The maximum Gasteiger partial charge on any atom is 0.160 e. The first-order valence-electron chi connectivity index (χ1n) is 17.2. The van der Waals surface area contributed by atoms with Crippen LogP contribution in [-0.2, 0) is 0 Å². The number of hydrogen-bond donors (Lipinski definition) is 0. The van der Waals surface area contributed by atoms with E-state index in [2.05, 4.69) is 152 Å². The average molecular weight is 651 g/mol. The van der Waals surface area contributed by atoms with E-state index < -0.39 is 0 Å². The number of nitrogens with zero attached hydrogens (tertiary/aromatic N) is 2. The standard InChI is InChI=1S/C48H30N2O/c1-2-13-33(14-3-1)48-49-44(37-24-22-32-12-5-7-16-35(32)26-37)30-45(50-48)40-28-38(36-23-21-31-11-4-6-15-34(31)25-36)27-39(29-40)41-18-10-19-43-42-17-8-9-20-46(42)51-47(41)43/h1-30H. The molecule has 10 aromatic rings.